The van der Waals surface area contributed by atoms with Crippen molar-refractivity contribution in [1.82, 2.24) is 10.6 Å². The van der Waals surface area contributed by atoms with Crippen molar-refractivity contribution in [1.29, 1.82) is 0 Å². The summed E-state index contributed by atoms with van der Waals surface area (Å²) in [6.45, 7) is 1.66. The second kappa shape index (κ2) is 7.42. The van der Waals surface area contributed by atoms with Crippen molar-refractivity contribution in [2.24, 2.45) is 5.92 Å². The first kappa shape index (κ1) is 15.9. The molecule has 0 radical (unpaired) electrons. The van der Waals surface area contributed by atoms with Gasteiger partial charge >= 0.3 is 12.0 Å². The smallest absolute Gasteiger partial charge is 0.315 e. The molecule has 0 aliphatic heterocycles. The number of carbonyl (C=O) groups excluding carboxylic acids is 1. The van der Waals surface area contributed by atoms with E-state index in [1.807, 2.05) is 0 Å². The van der Waals surface area contributed by atoms with E-state index in [9.17, 15) is 18.4 Å². The molecule has 0 saturated heterocycles. The first-order chi connectivity index (χ1) is 9.40. The fourth-order valence-electron chi connectivity index (χ4n) is 1.43. The second-order valence-corrected chi connectivity index (χ2v) is 4.37. The van der Waals surface area contributed by atoms with E-state index in [1.54, 1.807) is 0 Å². The molecule has 1 aromatic rings. The van der Waals surface area contributed by atoms with Crippen molar-refractivity contribution in [3.63, 3.8) is 0 Å². The molecule has 20 heavy (non-hydrogen) atoms. The van der Waals surface area contributed by atoms with Gasteiger partial charge in [-0.25, -0.2) is 13.6 Å². The Morgan fingerprint density at radius 3 is 2.60 bits per heavy atom. The summed E-state index contributed by atoms with van der Waals surface area (Å²) < 4.78 is 25.9. The van der Waals surface area contributed by atoms with Gasteiger partial charge in [0.1, 0.15) is 11.6 Å². The Morgan fingerprint density at radius 2 is 2.00 bits per heavy atom. The molecule has 0 spiro atoms. The predicted molar refractivity (Wildman–Crippen MR) is 68.0 cm³/mol. The Hall–Kier alpha value is -2.18. The Bertz CT molecular complexity index is 495. The summed E-state index contributed by atoms with van der Waals surface area (Å²) in [5.41, 5.74) is 0.167. The molecule has 0 fully saturated rings. The summed E-state index contributed by atoms with van der Waals surface area (Å²) in [7, 11) is 0. The number of carboxylic acid groups (broad SMARTS) is 1. The van der Waals surface area contributed by atoms with Crippen molar-refractivity contribution >= 4 is 12.0 Å². The van der Waals surface area contributed by atoms with E-state index in [1.165, 1.54) is 13.0 Å². The number of halogens is 2. The zero-order valence-electron chi connectivity index (χ0n) is 11.0. The highest BCUT2D eigenvalue weighted by Gasteiger charge is 2.11. The second-order valence-electron chi connectivity index (χ2n) is 4.37. The Balaban J connectivity index is 2.31. The van der Waals surface area contributed by atoms with Crippen LogP contribution in [0.2, 0.25) is 0 Å². The maximum absolute atomic E-state index is 13.3. The Labute approximate surface area is 115 Å². The van der Waals surface area contributed by atoms with Gasteiger partial charge in [-0.05, 0) is 12.5 Å². The molecule has 110 valence electrons. The Morgan fingerprint density at radius 1 is 1.30 bits per heavy atom. The zero-order valence-corrected chi connectivity index (χ0v) is 11.0. The van der Waals surface area contributed by atoms with Gasteiger partial charge in [-0.15, -0.1) is 0 Å². The van der Waals surface area contributed by atoms with E-state index in [2.05, 4.69) is 10.6 Å². The van der Waals surface area contributed by atoms with Crippen molar-refractivity contribution in [3.05, 3.63) is 35.4 Å². The number of aliphatic carboxylic acids is 1. The van der Waals surface area contributed by atoms with Crippen LogP contribution in [-0.4, -0.2) is 23.7 Å². The predicted octanol–water partition coefficient (Wildman–Crippen LogP) is 1.87. The molecule has 5 nitrogen and oxygen atoms in total. The molecular formula is C13H16F2N2O3. The lowest BCUT2D eigenvalue weighted by molar-refractivity contribution is -0.141. The molecule has 2 amide bonds. The van der Waals surface area contributed by atoms with Crippen LogP contribution in [0.25, 0.3) is 0 Å². The topological polar surface area (TPSA) is 78.4 Å². The minimum Gasteiger partial charge on any atom is -0.481 e. The number of rotatable bonds is 6. The van der Waals surface area contributed by atoms with Crippen LogP contribution in [0.4, 0.5) is 13.6 Å². The molecule has 1 atom stereocenters. The number of hydrogen-bond donors (Lipinski definition) is 3. The van der Waals surface area contributed by atoms with Crippen molar-refractivity contribution < 1.29 is 23.5 Å². The molecule has 0 heterocycles. The highest BCUT2D eigenvalue weighted by Crippen LogP contribution is 2.08. The normalized spacial score (nSPS) is 11.8. The third-order valence-corrected chi connectivity index (χ3v) is 2.74. The molecule has 0 aliphatic carbocycles. The standard InChI is InChI=1S/C13H16F2N2O3/c1-8(12(18)19)4-5-16-13(20)17-7-9-2-3-10(14)6-11(9)15/h2-3,6,8H,4-5,7H2,1H3,(H,18,19)(H2,16,17,20). The lowest BCUT2D eigenvalue weighted by Gasteiger charge is -2.09. The number of hydrogen-bond acceptors (Lipinski definition) is 2. The van der Waals surface area contributed by atoms with Gasteiger partial charge < -0.3 is 15.7 Å². The molecule has 3 N–H and O–H groups in total. The quantitative estimate of drug-likeness (QED) is 0.747. The van der Waals surface area contributed by atoms with E-state index < -0.39 is 29.6 Å². The third kappa shape index (κ3) is 5.21. The maximum atomic E-state index is 13.3. The first-order valence-electron chi connectivity index (χ1n) is 6.08. The largest absolute Gasteiger partial charge is 0.481 e. The monoisotopic (exact) mass is 286 g/mol. The van der Waals surface area contributed by atoms with Crippen molar-refractivity contribution in [3.8, 4) is 0 Å². The number of benzene rings is 1. The number of amides is 2. The van der Waals surface area contributed by atoms with Crippen LogP contribution in [-0.2, 0) is 11.3 Å². The number of carboxylic acids is 1. The summed E-state index contributed by atoms with van der Waals surface area (Å²) in [4.78, 5) is 21.9. The van der Waals surface area contributed by atoms with E-state index in [0.717, 1.165) is 12.1 Å². The van der Waals surface area contributed by atoms with Gasteiger partial charge in [0.25, 0.3) is 0 Å². The van der Waals surface area contributed by atoms with Gasteiger partial charge in [0.15, 0.2) is 0 Å². The Kier molecular flexibility index (Phi) is 5.89. The fourth-order valence-corrected chi connectivity index (χ4v) is 1.43. The number of urea groups is 1. The summed E-state index contributed by atoms with van der Waals surface area (Å²) >= 11 is 0. The van der Waals surface area contributed by atoms with Gasteiger partial charge in [0.2, 0.25) is 0 Å². The van der Waals surface area contributed by atoms with Gasteiger partial charge in [0.05, 0.1) is 5.92 Å². The van der Waals surface area contributed by atoms with Crippen LogP contribution in [0.15, 0.2) is 18.2 Å². The SMILES string of the molecule is CC(CCNC(=O)NCc1ccc(F)cc1F)C(=O)O. The van der Waals surface area contributed by atoms with Crippen LogP contribution < -0.4 is 10.6 Å². The molecule has 1 aromatic carbocycles. The van der Waals surface area contributed by atoms with E-state index in [0.29, 0.717) is 6.42 Å². The van der Waals surface area contributed by atoms with Gasteiger partial charge in [-0.2, -0.15) is 0 Å². The molecule has 1 unspecified atom stereocenters. The summed E-state index contributed by atoms with van der Waals surface area (Å²) in [6.07, 6.45) is 0.299. The maximum Gasteiger partial charge on any atom is 0.315 e. The highest BCUT2D eigenvalue weighted by molar-refractivity contribution is 5.74. The lowest BCUT2D eigenvalue weighted by atomic mass is 10.1. The molecule has 1 rings (SSSR count). The van der Waals surface area contributed by atoms with Gasteiger partial charge in [-0.1, -0.05) is 13.0 Å². The minimum atomic E-state index is -0.930. The number of nitrogens with one attached hydrogen (secondary N) is 2. The molecule has 0 aliphatic rings. The zero-order chi connectivity index (χ0) is 15.1. The van der Waals surface area contributed by atoms with Crippen LogP contribution in [0.1, 0.15) is 18.9 Å². The fraction of sp³-hybridized carbons (Fsp3) is 0.385. The van der Waals surface area contributed by atoms with Crippen LogP contribution in [0.3, 0.4) is 0 Å². The summed E-state index contributed by atoms with van der Waals surface area (Å²) in [6, 6.07) is 2.55. The van der Waals surface area contributed by atoms with Crippen molar-refractivity contribution in [2.75, 3.05) is 6.54 Å². The van der Waals surface area contributed by atoms with E-state index >= 15 is 0 Å². The van der Waals surface area contributed by atoms with Gasteiger partial charge in [-0.3, -0.25) is 4.79 Å². The lowest BCUT2D eigenvalue weighted by Crippen LogP contribution is -2.36. The first-order valence-corrected chi connectivity index (χ1v) is 6.08. The number of carbonyl (C=O) groups is 2. The third-order valence-electron chi connectivity index (χ3n) is 2.74. The van der Waals surface area contributed by atoms with E-state index in [-0.39, 0.29) is 18.7 Å². The average molecular weight is 286 g/mol. The van der Waals surface area contributed by atoms with Crippen LogP contribution in [0.5, 0.6) is 0 Å². The van der Waals surface area contributed by atoms with Crippen molar-refractivity contribution in [2.45, 2.75) is 19.9 Å². The summed E-state index contributed by atoms with van der Waals surface area (Å²) in [5.74, 6) is -2.89. The molecule has 7 heteroatoms. The summed E-state index contributed by atoms with van der Waals surface area (Å²) in [5, 5.41) is 13.5. The van der Waals surface area contributed by atoms with Crippen LogP contribution >= 0.6 is 0 Å². The molecular weight excluding hydrogens is 270 g/mol. The minimum absolute atomic E-state index is 0.0770. The molecule has 0 bridgehead atoms. The van der Waals surface area contributed by atoms with Crippen LogP contribution in [0, 0.1) is 17.6 Å². The molecule has 0 saturated carbocycles. The van der Waals surface area contributed by atoms with E-state index in [4.69, 9.17) is 5.11 Å². The molecule has 0 aromatic heterocycles. The average Bonchev–Trinajstić information content (AvgIpc) is 2.37. The highest BCUT2D eigenvalue weighted by atomic mass is 19.1. The van der Waals surface area contributed by atoms with Gasteiger partial charge in [0, 0.05) is 24.7 Å².